The lowest BCUT2D eigenvalue weighted by atomic mass is 9.94. The Morgan fingerprint density at radius 1 is 1.03 bits per heavy atom. The Labute approximate surface area is 206 Å². The summed E-state index contributed by atoms with van der Waals surface area (Å²) >= 11 is 6.07. The number of hydrogen-bond acceptors (Lipinski definition) is 3. The smallest absolute Gasteiger partial charge is 0.303 e. The summed E-state index contributed by atoms with van der Waals surface area (Å²) in [5, 5.41) is 10.8. The van der Waals surface area contributed by atoms with Gasteiger partial charge in [0.05, 0.1) is 7.11 Å². The molecule has 0 aliphatic heterocycles. The van der Waals surface area contributed by atoms with Gasteiger partial charge in [0.2, 0.25) is 0 Å². The van der Waals surface area contributed by atoms with Gasteiger partial charge in [-0.2, -0.15) is 0 Å². The van der Waals surface area contributed by atoms with Crippen molar-refractivity contribution in [1.82, 2.24) is 4.57 Å². The highest BCUT2D eigenvalue weighted by Crippen LogP contribution is 2.32. The van der Waals surface area contributed by atoms with Crippen molar-refractivity contribution in [1.29, 1.82) is 0 Å². The summed E-state index contributed by atoms with van der Waals surface area (Å²) in [6, 6.07) is 13.8. The number of ether oxygens (including phenoxy) is 1. The summed E-state index contributed by atoms with van der Waals surface area (Å²) in [5.74, 6) is -0.384. The number of rotatable bonds is 13. The third kappa shape index (κ3) is 6.63. The largest absolute Gasteiger partial charge is 0.497 e. The van der Waals surface area contributed by atoms with Gasteiger partial charge < -0.3 is 14.4 Å². The van der Waals surface area contributed by atoms with E-state index in [0.717, 1.165) is 60.1 Å². The summed E-state index contributed by atoms with van der Waals surface area (Å²) in [7, 11) is 3.62. The van der Waals surface area contributed by atoms with Gasteiger partial charge in [-0.3, -0.25) is 9.59 Å². The van der Waals surface area contributed by atoms with E-state index in [1.807, 2.05) is 50.4 Å². The summed E-state index contributed by atoms with van der Waals surface area (Å²) < 4.78 is 7.51. The molecule has 0 saturated carbocycles. The molecule has 1 N–H and O–H groups in total. The summed E-state index contributed by atoms with van der Waals surface area (Å²) in [6.07, 6.45) is 6.31. The van der Waals surface area contributed by atoms with E-state index in [1.54, 1.807) is 7.11 Å². The highest BCUT2D eigenvalue weighted by Gasteiger charge is 2.23. The molecule has 0 aliphatic rings. The Bertz CT molecular complexity index is 1150. The van der Waals surface area contributed by atoms with Crippen LogP contribution in [0.1, 0.15) is 67.1 Å². The lowest BCUT2D eigenvalue weighted by Crippen LogP contribution is -2.12. The number of carboxylic acids is 1. The van der Waals surface area contributed by atoms with E-state index in [1.165, 1.54) is 5.56 Å². The second-order valence-electron chi connectivity index (χ2n) is 9.14. The number of hydrogen-bond donors (Lipinski definition) is 1. The van der Waals surface area contributed by atoms with Gasteiger partial charge in [0, 0.05) is 47.1 Å². The molecule has 1 aromatic heterocycles. The van der Waals surface area contributed by atoms with Crippen LogP contribution in [0.4, 0.5) is 0 Å². The van der Waals surface area contributed by atoms with Crippen LogP contribution < -0.4 is 4.74 Å². The molecule has 0 unspecified atom stereocenters. The average Bonchev–Trinajstić information content (AvgIpc) is 3.06. The van der Waals surface area contributed by atoms with Crippen LogP contribution in [0.25, 0.3) is 10.9 Å². The molecule has 0 aliphatic carbocycles. The molecule has 6 heteroatoms. The number of carboxylic acid groups (broad SMARTS) is 1. The number of Topliss-reactive ketones (excluding diaryl/α,β-unsaturated/α-hetero) is 1. The van der Waals surface area contributed by atoms with Crippen molar-refractivity contribution in [2.24, 2.45) is 13.0 Å². The number of unbranched alkanes of at least 4 members (excludes halogenated alkanes) is 3. The van der Waals surface area contributed by atoms with E-state index in [0.29, 0.717) is 11.3 Å². The monoisotopic (exact) mass is 483 g/mol. The standard InChI is InChI=1S/C28H34ClNO4/c1-19(16-27(32)33)15-26(31)28-23-18-22(34-3)13-14-24(23)30(2)25(28)12-7-5-4-6-9-20-10-8-11-21(29)17-20/h8,10-11,13-14,17-19H,4-7,9,12,15-16H2,1-3H3,(H,32,33)/t19-/m0/s1. The van der Waals surface area contributed by atoms with Gasteiger partial charge in [-0.25, -0.2) is 0 Å². The predicted octanol–water partition coefficient (Wildman–Crippen LogP) is 6.87. The van der Waals surface area contributed by atoms with Gasteiger partial charge in [0.1, 0.15) is 5.75 Å². The second kappa shape index (κ2) is 12.1. The van der Waals surface area contributed by atoms with Gasteiger partial charge >= 0.3 is 5.97 Å². The molecule has 1 heterocycles. The molecular formula is C28H34ClNO4. The fourth-order valence-electron chi connectivity index (χ4n) is 4.66. The first-order valence-corrected chi connectivity index (χ1v) is 12.3. The highest BCUT2D eigenvalue weighted by molar-refractivity contribution is 6.30. The fourth-order valence-corrected chi connectivity index (χ4v) is 4.88. The second-order valence-corrected chi connectivity index (χ2v) is 9.57. The molecular weight excluding hydrogens is 450 g/mol. The lowest BCUT2D eigenvalue weighted by molar-refractivity contribution is -0.137. The number of aryl methyl sites for hydroxylation is 2. The molecule has 0 bridgehead atoms. The maximum Gasteiger partial charge on any atom is 0.303 e. The molecule has 1 atom stereocenters. The molecule has 0 radical (unpaired) electrons. The minimum absolute atomic E-state index is 0.00330. The maximum absolute atomic E-state index is 13.3. The number of aliphatic carboxylic acids is 1. The number of nitrogens with zero attached hydrogens (tertiary/aromatic N) is 1. The van der Waals surface area contributed by atoms with Crippen molar-refractivity contribution in [3.05, 3.63) is 64.3 Å². The van der Waals surface area contributed by atoms with Crippen LogP contribution in [-0.2, 0) is 24.7 Å². The molecule has 3 rings (SSSR count). The number of methoxy groups -OCH3 is 1. The topological polar surface area (TPSA) is 68.5 Å². The quantitative estimate of drug-likeness (QED) is 0.213. The Morgan fingerprint density at radius 3 is 2.44 bits per heavy atom. The molecule has 3 aromatic rings. The van der Waals surface area contributed by atoms with Crippen LogP contribution in [0.3, 0.4) is 0 Å². The van der Waals surface area contributed by atoms with Crippen molar-refractivity contribution in [2.45, 2.75) is 58.3 Å². The summed E-state index contributed by atoms with van der Waals surface area (Å²) in [4.78, 5) is 24.4. The summed E-state index contributed by atoms with van der Waals surface area (Å²) in [6.45, 7) is 1.82. The van der Waals surface area contributed by atoms with Crippen molar-refractivity contribution in [2.75, 3.05) is 7.11 Å². The number of carbonyl (C=O) groups is 2. The van der Waals surface area contributed by atoms with Crippen LogP contribution >= 0.6 is 11.6 Å². The molecule has 182 valence electrons. The molecule has 2 aromatic carbocycles. The SMILES string of the molecule is COc1ccc2c(c1)c(C(=O)C[C@H](C)CC(=O)O)c(CCCCCCc1cccc(Cl)c1)n2C. The van der Waals surface area contributed by atoms with Gasteiger partial charge in [-0.15, -0.1) is 0 Å². The van der Waals surface area contributed by atoms with Crippen molar-refractivity contribution >= 4 is 34.3 Å². The number of benzene rings is 2. The third-order valence-electron chi connectivity index (χ3n) is 6.38. The molecule has 0 fully saturated rings. The number of aromatic nitrogens is 1. The number of fused-ring (bicyclic) bond motifs is 1. The van der Waals surface area contributed by atoms with Crippen molar-refractivity contribution in [3.8, 4) is 5.75 Å². The van der Waals surface area contributed by atoms with Gasteiger partial charge in [-0.05, 0) is 67.5 Å². The fraction of sp³-hybridized carbons (Fsp3) is 0.429. The summed E-state index contributed by atoms with van der Waals surface area (Å²) in [5.41, 5.74) is 3.99. The minimum Gasteiger partial charge on any atom is -0.497 e. The number of carbonyl (C=O) groups excluding carboxylic acids is 1. The molecule has 34 heavy (non-hydrogen) atoms. The van der Waals surface area contributed by atoms with E-state index >= 15 is 0 Å². The zero-order valence-corrected chi connectivity index (χ0v) is 21.0. The average molecular weight is 484 g/mol. The Hall–Kier alpha value is -2.79. The zero-order chi connectivity index (χ0) is 24.7. The first kappa shape index (κ1) is 25.8. The Kier molecular flexibility index (Phi) is 9.17. The van der Waals surface area contributed by atoms with Crippen LogP contribution in [0.5, 0.6) is 5.75 Å². The van der Waals surface area contributed by atoms with E-state index in [2.05, 4.69) is 10.6 Å². The van der Waals surface area contributed by atoms with Gasteiger partial charge in [0.25, 0.3) is 0 Å². The van der Waals surface area contributed by atoms with Gasteiger partial charge in [-0.1, -0.05) is 43.5 Å². The van der Waals surface area contributed by atoms with Crippen LogP contribution in [0.2, 0.25) is 5.02 Å². The number of ketones is 1. The van der Waals surface area contributed by atoms with Gasteiger partial charge in [0.15, 0.2) is 5.78 Å². The normalized spacial score (nSPS) is 12.1. The Balaban J connectivity index is 1.71. The van der Waals surface area contributed by atoms with Crippen LogP contribution in [0, 0.1) is 5.92 Å². The highest BCUT2D eigenvalue weighted by atomic mass is 35.5. The first-order valence-electron chi connectivity index (χ1n) is 11.9. The van der Waals surface area contributed by atoms with E-state index in [4.69, 9.17) is 21.4 Å². The van der Waals surface area contributed by atoms with Crippen molar-refractivity contribution < 1.29 is 19.4 Å². The van der Waals surface area contributed by atoms with E-state index < -0.39 is 5.97 Å². The predicted molar refractivity (Wildman–Crippen MR) is 137 cm³/mol. The van der Waals surface area contributed by atoms with E-state index in [-0.39, 0.29) is 24.5 Å². The lowest BCUT2D eigenvalue weighted by Gasteiger charge is -2.11. The van der Waals surface area contributed by atoms with Crippen molar-refractivity contribution in [3.63, 3.8) is 0 Å². The molecule has 5 nitrogen and oxygen atoms in total. The van der Waals surface area contributed by atoms with E-state index in [9.17, 15) is 9.59 Å². The zero-order valence-electron chi connectivity index (χ0n) is 20.3. The van der Waals surface area contributed by atoms with Crippen LogP contribution in [0.15, 0.2) is 42.5 Å². The third-order valence-corrected chi connectivity index (χ3v) is 6.62. The number of halogens is 1. The molecule has 0 spiro atoms. The Morgan fingerprint density at radius 2 is 1.76 bits per heavy atom. The maximum atomic E-state index is 13.3. The molecule has 0 saturated heterocycles. The minimum atomic E-state index is -0.877. The molecule has 0 amide bonds. The first-order chi connectivity index (χ1) is 16.3. The van der Waals surface area contributed by atoms with Crippen LogP contribution in [-0.4, -0.2) is 28.5 Å².